The van der Waals surface area contributed by atoms with Crippen LogP contribution in [-0.4, -0.2) is 56.9 Å². The molecule has 1 heterocycles. The van der Waals surface area contributed by atoms with Crippen LogP contribution in [0.25, 0.3) is 0 Å². The third-order valence-corrected chi connectivity index (χ3v) is 1.98. The number of ether oxygens (including phenoxy) is 1. The Hall–Kier alpha value is -0.690. The maximum absolute atomic E-state index is 10.7. The van der Waals surface area contributed by atoms with Crippen LogP contribution < -0.4 is 0 Å². The molecule has 1 aliphatic rings. The van der Waals surface area contributed by atoms with Gasteiger partial charge in [-0.2, -0.15) is 0 Å². The van der Waals surface area contributed by atoms with Crippen LogP contribution in [-0.2, 0) is 9.53 Å². The second-order valence-corrected chi connectivity index (χ2v) is 3.07. The van der Waals surface area contributed by atoms with Crippen LogP contribution in [0.1, 0.15) is 6.92 Å². The van der Waals surface area contributed by atoms with Crippen molar-refractivity contribution in [1.82, 2.24) is 0 Å². The summed E-state index contributed by atoms with van der Waals surface area (Å²) in [6, 6.07) is 0. The zero-order valence-electron chi connectivity index (χ0n) is 6.99. The number of cyclic esters (lactones) is 1. The number of rotatable bonds is 2. The highest BCUT2D eigenvalue weighted by atomic mass is 16.6. The maximum Gasteiger partial charge on any atom is 0.338 e. The summed E-state index contributed by atoms with van der Waals surface area (Å²) in [5.74, 6) is -0.989. The Morgan fingerprint density at radius 3 is 2.23 bits per heavy atom. The van der Waals surface area contributed by atoms with E-state index >= 15 is 0 Å². The summed E-state index contributed by atoms with van der Waals surface area (Å²) >= 11 is 0. The zero-order chi connectivity index (χ0) is 10.2. The van der Waals surface area contributed by atoms with Crippen LogP contribution in [0.15, 0.2) is 0 Å². The van der Waals surface area contributed by atoms with E-state index < -0.39 is 36.5 Å². The minimum Gasteiger partial charge on any atom is -0.455 e. The first-order valence-corrected chi connectivity index (χ1v) is 3.88. The molecule has 0 aromatic heterocycles. The fraction of sp³-hybridized carbons (Fsp3) is 0.857. The second-order valence-electron chi connectivity index (χ2n) is 3.07. The summed E-state index contributed by atoms with van der Waals surface area (Å²) < 4.78 is 4.46. The molecule has 6 heteroatoms. The van der Waals surface area contributed by atoms with Crippen molar-refractivity contribution in [3.05, 3.63) is 0 Å². The third kappa shape index (κ3) is 1.80. The number of hydrogen-bond donors (Lipinski definition) is 4. The summed E-state index contributed by atoms with van der Waals surface area (Å²) in [5, 5.41) is 36.3. The van der Waals surface area contributed by atoms with Gasteiger partial charge in [-0.25, -0.2) is 4.79 Å². The average Bonchev–Trinajstić information content (AvgIpc) is 2.31. The van der Waals surface area contributed by atoms with Crippen LogP contribution in [0.3, 0.4) is 0 Å². The van der Waals surface area contributed by atoms with Crippen LogP contribution in [0, 0.1) is 0 Å². The van der Waals surface area contributed by atoms with Crippen molar-refractivity contribution in [1.29, 1.82) is 0 Å². The molecule has 0 spiro atoms. The molecule has 1 rings (SSSR count). The molecular weight excluding hydrogens is 180 g/mol. The molecule has 0 amide bonds. The number of carbonyl (C=O) groups is 1. The molecule has 6 nitrogen and oxygen atoms in total. The normalized spacial score (nSPS) is 38.5. The minimum atomic E-state index is -1.64. The maximum atomic E-state index is 10.7. The summed E-state index contributed by atoms with van der Waals surface area (Å²) in [6.07, 6.45) is -6.92. The highest BCUT2D eigenvalue weighted by Gasteiger charge is 2.47. The lowest BCUT2D eigenvalue weighted by Gasteiger charge is -2.21. The molecule has 5 atom stereocenters. The molecule has 0 saturated carbocycles. The lowest BCUT2D eigenvalue weighted by atomic mass is 10.0. The Morgan fingerprint density at radius 2 is 1.92 bits per heavy atom. The Kier molecular flexibility index (Phi) is 2.87. The molecule has 76 valence electrons. The van der Waals surface area contributed by atoms with Gasteiger partial charge in [-0.1, -0.05) is 0 Å². The SMILES string of the molecule is C[C@H](O)[C@H](O)[C@H]1OC(=O)[C@@H](O)[C@@H]1O. The van der Waals surface area contributed by atoms with Crippen molar-refractivity contribution >= 4 is 5.97 Å². The highest BCUT2D eigenvalue weighted by Crippen LogP contribution is 2.20. The quantitative estimate of drug-likeness (QED) is 0.357. The summed E-state index contributed by atoms with van der Waals surface area (Å²) in [5.41, 5.74) is 0. The first-order valence-electron chi connectivity index (χ1n) is 3.88. The fourth-order valence-corrected chi connectivity index (χ4v) is 1.14. The lowest BCUT2D eigenvalue weighted by molar-refractivity contribution is -0.153. The Bertz CT molecular complexity index is 203. The van der Waals surface area contributed by atoms with E-state index in [0.717, 1.165) is 0 Å². The van der Waals surface area contributed by atoms with Crippen molar-refractivity contribution in [2.24, 2.45) is 0 Å². The lowest BCUT2D eigenvalue weighted by Crippen LogP contribution is -2.43. The van der Waals surface area contributed by atoms with Gasteiger partial charge in [0.1, 0.15) is 12.2 Å². The predicted octanol–water partition coefficient (Wildman–Crippen LogP) is -2.62. The van der Waals surface area contributed by atoms with E-state index in [2.05, 4.69) is 4.74 Å². The van der Waals surface area contributed by atoms with Gasteiger partial charge in [0.15, 0.2) is 12.2 Å². The fourth-order valence-electron chi connectivity index (χ4n) is 1.14. The van der Waals surface area contributed by atoms with Gasteiger partial charge in [0.25, 0.3) is 0 Å². The summed E-state index contributed by atoms with van der Waals surface area (Å²) in [7, 11) is 0. The molecule has 0 aromatic rings. The van der Waals surface area contributed by atoms with Crippen LogP contribution in [0.5, 0.6) is 0 Å². The third-order valence-electron chi connectivity index (χ3n) is 1.98. The monoisotopic (exact) mass is 192 g/mol. The van der Waals surface area contributed by atoms with Gasteiger partial charge in [-0.3, -0.25) is 0 Å². The average molecular weight is 192 g/mol. The Balaban J connectivity index is 2.68. The number of esters is 1. The number of hydrogen-bond acceptors (Lipinski definition) is 6. The van der Waals surface area contributed by atoms with E-state index in [-0.39, 0.29) is 0 Å². The number of aliphatic hydroxyl groups is 4. The molecule has 13 heavy (non-hydrogen) atoms. The van der Waals surface area contributed by atoms with Crippen molar-refractivity contribution in [2.45, 2.75) is 37.4 Å². The molecule has 1 aliphatic heterocycles. The molecule has 0 bridgehead atoms. The van der Waals surface area contributed by atoms with Gasteiger partial charge in [0, 0.05) is 0 Å². The molecule has 1 fully saturated rings. The van der Waals surface area contributed by atoms with Crippen molar-refractivity contribution in [3.63, 3.8) is 0 Å². The van der Waals surface area contributed by atoms with Gasteiger partial charge in [-0.05, 0) is 6.92 Å². The number of aliphatic hydroxyl groups excluding tert-OH is 4. The van der Waals surface area contributed by atoms with E-state index in [9.17, 15) is 15.0 Å². The number of carbonyl (C=O) groups excluding carboxylic acids is 1. The highest BCUT2D eigenvalue weighted by molar-refractivity contribution is 5.77. The summed E-state index contributed by atoms with van der Waals surface area (Å²) in [6.45, 7) is 1.29. The molecule has 4 N–H and O–H groups in total. The predicted molar refractivity (Wildman–Crippen MR) is 39.6 cm³/mol. The molecule has 1 saturated heterocycles. The first-order chi connectivity index (χ1) is 5.95. The smallest absolute Gasteiger partial charge is 0.338 e. The Labute approximate surface area is 74.4 Å². The Morgan fingerprint density at radius 1 is 1.38 bits per heavy atom. The molecular formula is C7H12O6. The molecule has 0 radical (unpaired) electrons. The second kappa shape index (κ2) is 3.59. The first kappa shape index (κ1) is 10.4. The minimum absolute atomic E-state index is 0.989. The van der Waals surface area contributed by atoms with Crippen molar-refractivity contribution in [2.75, 3.05) is 0 Å². The van der Waals surface area contributed by atoms with Crippen molar-refractivity contribution in [3.8, 4) is 0 Å². The van der Waals surface area contributed by atoms with E-state index in [1.807, 2.05) is 0 Å². The van der Waals surface area contributed by atoms with Crippen LogP contribution in [0.2, 0.25) is 0 Å². The molecule has 0 unspecified atom stereocenters. The van der Waals surface area contributed by atoms with Gasteiger partial charge < -0.3 is 25.2 Å². The van der Waals surface area contributed by atoms with E-state index in [0.29, 0.717) is 0 Å². The van der Waals surface area contributed by atoms with Gasteiger partial charge in [0.05, 0.1) is 6.10 Å². The van der Waals surface area contributed by atoms with Crippen LogP contribution in [0.4, 0.5) is 0 Å². The van der Waals surface area contributed by atoms with Crippen LogP contribution >= 0.6 is 0 Å². The van der Waals surface area contributed by atoms with Crippen molar-refractivity contribution < 1.29 is 30.0 Å². The van der Waals surface area contributed by atoms with E-state index in [1.54, 1.807) is 0 Å². The topological polar surface area (TPSA) is 107 Å². The molecule has 0 aliphatic carbocycles. The zero-order valence-corrected chi connectivity index (χ0v) is 6.99. The summed E-state index contributed by atoms with van der Waals surface area (Å²) in [4.78, 5) is 10.7. The van der Waals surface area contributed by atoms with Gasteiger partial charge >= 0.3 is 5.97 Å². The largest absolute Gasteiger partial charge is 0.455 e. The van der Waals surface area contributed by atoms with E-state index in [1.165, 1.54) is 6.92 Å². The van der Waals surface area contributed by atoms with Gasteiger partial charge in [0.2, 0.25) is 0 Å². The molecule has 0 aromatic carbocycles. The van der Waals surface area contributed by atoms with E-state index in [4.69, 9.17) is 10.2 Å². The standard InChI is InChI=1S/C7H12O6/c1-2(8)3(9)6-4(10)5(11)7(12)13-6/h2-6,8-11H,1H3/t2-,3-,4-,5-,6+/m0/s1. The van der Waals surface area contributed by atoms with Gasteiger partial charge in [-0.15, -0.1) is 0 Å².